The van der Waals surface area contributed by atoms with Gasteiger partial charge in [0.15, 0.2) is 0 Å². The molecule has 0 unspecified atom stereocenters. The summed E-state index contributed by atoms with van der Waals surface area (Å²) in [5.74, 6) is -0.0734. The summed E-state index contributed by atoms with van der Waals surface area (Å²) in [7, 11) is 0. The number of nitrogen functional groups attached to an aromatic ring is 1. The molecular formula is C14H22N2O2. The Morgan fingerprint density at radius 2 is 2.06 bits per heavy atom. The van der Waals surface area contributed by atoms with Crippen molar-refractivity contribution in [1.82, 2.24) is 5.32 Å². The Labute approximate surface area is 109 Å². The molecule has 0 fully saturated rings. The van der Waals surface area contributed by atoms with Crippen molar-refractivity contribution < 1.29 is 9.53 Å². The summed E-state index contributed by atoms with van der Waals surface area (Å²) < 4.78 is 5.21. The van der Waals surface area contributed by atoms with Gasteiger partial charge in [0.2, 0.25) is 0 Å². The van der Waals surface area contributed by atoms with Gasteiger partial charge in [0.25, 0.3) is 5.91 Å². The monoisotopic (exact) mass is 250 g/mol. The van der Waals surface area contributed by atoms with Crippen molar-refractivity contribution in [1.29, 1.82) is 0 Å². The van der Waals surface area contributed by atoms with E-state index in [9.17, 15) is 4.79 Å². The van der Waals surface area contributed by atoms with Crippen molar-refractivity contribution in [2.24, 2.45) is 0 Å². The maximum Gasteiger partial charge on any atom is 0.251 e. The number of hydrogen-bond acceptors (Lipinski definition) is 3. The fourth-order valence-corrected chi connectivity index (χ4v) is 1.73. The smallest absolute Gasteiger partial charge is 0.251 e. The molecular weight excluding hydrogens is 228 g/mol. The van der Waals surface area contributed by atoms with Gasteiger partial charge >= 0.3 is 0 Å². The van der Waals surface area contributed by atoms with Gasteiger partial charge < -0.3 is 15.8 Å². The highest BCUT2D eigenvalue weighted by Crippen LogP contribution is 2.17. The molecule has 0 saturated carbocycles. The molecule has 4 nitrogen and oxygen atoms in total. The number of anilines is 1. The zero-order valence-electron chi connectivity index (χ0n) is 11.4. The molecule has 1 amide bonds. The Hall–Kier alpha value is -1.55. The average Bonchev–Trinajstić information content (AvgIpc) is 2.33. The van der Waals surface area contributed by atoms with Crippen LogP contribution in [0.15, 0.2) is 12.1 Å². The number of ether oxygens (including phenoxy) is 1. The molecule has 0 radical (unpaired) electrons. The van der Waals surface area contributed by atoms with Crippen molar-refractivity contribution in [3.63, 3.8) is 0 Å². The van der Waals surface area contributed by atoms with Gasteiger partial charge in [-0.25, -0.2) is 0 Å². The highest BCUT2D eigenvalue weighted by atomic mass is 16.5. The third-order valence-electron chi connectivity index (χ3n) is 2.81. The van der Waals surface area contributed by atoms with E-state index in [0.717, 1.165) is 17.5 Å². The van der Waals surface area contributed by atoms with E-state index in [1.165, 1.54) is 0 Å². The molecule has 1 rings (SSSR count). The number of carbonyl (C=O) groups excluding carboxylic acids is 1. The number of aryl methyl sites for hydroxylation is 2. The number of amides is 1. The lowest BCUT2D eigenvalue weighted by atomic mass is 10.0. The molecule has 0 heterocycles. The van der Waals surface area contributed by atoms with Gasteiger partial charge in [-0.1, -0.05) is 6.07 Å². The van der Waals surface area contributed by atoms with Crippen LogP contribution in [0.4, 0.5) is 5.69 Å². The molecule has 0 bridgehead atoms. The van der Waals surface area contributed by atoms with Crippen molar-refractivity contribution in [3.8, 4) is 0 Å². The maximum absolute atomic E-state index is 12.0. The van der Waals surface area contributed by atoms with Crippen molar-refractivity contribution in [2.45, 2.75) is 27.2 Å². The number of rotatable bonds is 6. The molecule has 0 aromatic heterocycles. The van der Waals surface area contributed by atoms with Crippen LogP contribution in [0.2, 0.25) is 0 Å². The van der Waals surface area contributed by atoms with E-state index in [1.54, 1.807) is 6.07 Å². The van der Waals surface area contributed by atoms with Gasteiger partial charge in [-0.15, -0.1) is 0 Å². The molecule has 4 heteroatoms. The summed E-state index contributed by atoms with van der Waals surface area (Å²) in [5.41, 5.74) is 9.07. The Morgan fingerprint density at radius 3 is 2.72 bits per heavy atom. The van der Waals surface area contributed by atoms with E-state index >= 15 is 0 Å². The first-order valence-corrected chi connectivity index (χ1v) is 6.29. The summed E-state index contributed by atoms with van der Waals surface area (Å²) in [4.78, 5) is 12.0. The minimum atomic E-state index is -0.0734. The van der Waals surface area contributed by atoms with Crippen LogP contribution >= 0.6 is 0 Å². The first kappa shape index (κ1) is 14.5. The van der Waals surface area contributed by atoms with Crippen molar-refractivity contribution >= 4 is 11.6 Å². The summed E-state index contributed by atoms with van der Waals surface area (Å²) in [6.07, 6.45) is 0.819. The second-order valence-electron chi connectivity index (χ2n) is 4.33. The van der Waals surface area contributed by atoms with Crippen LogP contribution in [-0.2, 0) is 4.74 Å². The van der Waals surface area contributed by atoms with E-state index in [-0.39, 0.29) is 5.91 Å². The lowest BCUT2D eigenvalue weighted by molar-refractivity contribution is 0.0943. The van der Waals surface area contributed by atoms with Crippen LogP contribution in [0.1, 0.15) is 34.8 Å². The quantitative estimate of drug-likeness (QED) is 0.600. The lowest BCUT2D eigenvalue weighted by Gasteiger charge is -2.10. The Morgan fingerprint density at radius 1 is 1.33 bits per heavy atom. The Kier molecular flexibility index (Phi) is 5.65. The zero-order valence-corrected chi connectivity index (χ0v) is 11.4. The van der Waals surface area contributed by atoms with Gasteiger partial charge in [-0.2, -0.15) is 0 Å². The molecule has 3 N–H and O–H groups in total. The van der Waals surface area contributed by atoms with E-state index in [1.807, 2.05) is 26.8 Å². The molecule has 1 aromatic carbocycles. The highest BCUT2D eigenvalue weighted by molar-refractivity contribution is 5.96. The molecule has 18 heavy (non-hydrogen) atoms. The molecule has 0 spiro atoms. The number of carbonyl (C=O) groups is 1. The van der Waals surface area contributed by atoms with Crippen LogP contribution < -0.4 is 11.1 Å². The summed E-state index contributed by atoms with van der Waals surface area (Å²) in [6, 6.07) is 3.67. The molecule has 100 valence electrons. The van der Waals surface area contributed by atoms with Crippen LogP contribution in [0.25, 0.3) is 0 Å². The van der Waals surface area contributed by atoms with E-state index in [2.05, 4.69) is 5.32 Å². The van der Waals surface area contributed by atoms with Crippen molar-refractivity contribution in [2.75, 3.05) is 25.5 Å². The number of hydrogen-bond donors (Lipinski definition) is 2. The molecule has 1 aromatic rings. The molecule has 0 atom stereocenters. The molecule has 0 saturated heterocycles. The number of nitrogens with one attached hydrogen (secondary N) is 1. The van der Waals surface area contributed by atoms with Gasteiger partial charge in [-0.05, 0) is 44.4 Å². The third-order valence-corrected chi connectivity index (χ3v) is 2.81. The highest BCUT2D eigenvalue weighted by Gasteiger charge is 2.10. The fraction of sp³-hybridized carbons (Fsp3) is 0.500. The van der Waals surface area contributed by atoms with Gasteiger partial charge in [-0.3, -0.25) is 4.79 Å². The average molecular weight is 250 g/mol. The normalized spacial score (nSPS) is 10.4. The Bertz CT molecular complexity index is 417. The zero-order chi connectivity index (χ0) is 13.5. The second kappa shape index (κ2) is 7.01. The first-order chi connectivity index (χ1) is 8.56. The fourth-order valence-electron chi connectivity index (χ4n) is 1.73. The van der Waals surface area contributed by atoms with Crippen LogP contribution in [0, 0.1) is 13.8 Å². The maximum atomic E-state index is 12.0. The van der Waals surface area contributed by atoms with Gasteiger partial charge in [0, 0.05) is 31.0 Å². The summed E-state index contributed by atoms with van der Waals surface area (Å²) in [6.45, 7) is 7.81. The predicted molar refractivity (Wildman–Crippen MR) is 73.8 cm³/mol. The van der Waals surface area contributed by atoms with Crippen LogP contribution in [0.3, 0.4) is 0 Å². The largest absolute Gasteiger partial charge is 0.398 e. The van der Waals surface area contributed by atoms with E-state index in [0.29, 0.717) is 31.0 Å². The molecule has 0 aliphatic carbocycles. The molecule has 0 aliphatic rings. The molecule has 0 aliphatic heterocycles. The van der Waals surface area contributed by atoms with Crippen LogP contribution in [0.5, 0.6) is 0 Å². The summed E-state index contributed by atoms with van der Waals surface area (Å²) in [5, 5.41) is 2.87. The topological polar surface area (TPSA) is 64.3 Å². The number of nitrogens with two attached hydrogens (primary N) is 1. The third kappa shape index (κ3) is 4.04. The van der Waals surface area contributed by atoms with Gasteiger partial charge in [0.1, 0.15) is 0 Å². The minimum Gasteiger partial charge on any atom is -0.398 e. The van der Waals surface area contributed by atoms with Crippen LogP contribution in [-0.4, -0.2) is 25.7 Å². The minimum absolute atomic E-state index is 0.0734. The number of benzene rings is 1. The first-order valence-electron chi connectivity index (χ1n) is 6.29. The SMILES string of the molecule is CCOCCCNC(=O)c1cc(N)c(C)cc1C. The van der Waals surface area contributed by atoms with E-state index < -0.39 is 0 Å². The predicted octanol–water partition coefficient (Wildman–Crippen LogP) is 2.04. The van der Waals surface area contributed by atoms with Gasteiger partial charge in [0.05, 0.1) is 0 Å². The Balaban J connectivity index is 2.54. The van der Waals surface area contributed by atoms with E-state index in [4.69, 9.17) is 10.5 Å². The van der Waals surface area contributed by atoms with Crippen molar-refractivity contribution in [3.05, 3.63) is 28.8 Å². The summed E-state index contributed by atoms with van der Waals surface area (Å²) >= 11 is 0. The standard InChI is InChI=1S/C14H22N2O2/c1-4-18-7-5-6-16-14(17)12-9-13(15)11(3)8-10(12)2/h8-9H,4-7,15H2,1-3H3,(H,16,17). The lowest BCUT2D eigenvalue weighted by Crippen LogP contribution is -2.26. The second-order valence-corrected chi connectivity index (χ2v) is 4.33.